The molecule has 1 aromatic carbocycles. The molecule has 1 atom stereocenters. The number of rotatable bonds is 7. The number of nitrogens with zero attached hydrogens (tertiary/aromatic N) is 1. The summed E-state index contributed by atoms with van der Waals surface area (Å²) in [5, 5.41) is 6.38. The lowest BCUT2D eigenvalue weighted by molar-refractivity contribution is -0.125. The SMILES string of the molecule is CCC(NC(=O)C(C)(C)Nc1ccc(OC)cc1)c1ccncc1. The Morgan fingerprint density at radius 3 is 2.33 bits per heavy atom. The molecule has 1 amide bonds. The van der Waals surface area contributed by atoms with Gasteiger partial charge in [-0.1, -0.05) is 6.92 Å². The first-order chi connectivity index (χ1) is 11.5. The lowest BCUT2D eigenvalue weighted by atomic mass is 10.0. The van der Waals surface area contributed by atoms with Crippen LogP contribution in [0.4, 0.5) is 5.69 Å². The molecule has 1 unspecified atom stereocenters. The van der Waals surface area contributed by atoms with Crippen LogP contribution in [-0.4, -0.2) is 23.5 Å². The van der Waals surface area contributed by atoms with E-state index in [1.165, 1.54) is 0 Å². The van der Waals surface area contributed by atoms with Gasteiger partial charge in [-0.3, -0.25) is 9.78 Å². The summed E-state index contributed by atoms with van der Waals surface area (Å²) in [6, 6.07) is 11.3. The van der Waals surface area contributed by atoms with Crippen molar-refractivity contribution in [3.05, 3.63) is 54.4 Å². The monoisotopic (exact) mass is 327 g/mol. The molecule has 0 saturated carbocycles. The second-order valence-corrected chi connectivity index (χ2v) is 6.19. The van der Waals surface area contributed by atoms with Crippen molar-refractivity contribution < 1.29 is 9.53 Å². The van der Waals surface area contributed by atoms with Crippen molar-refractivity contribution >= 4 is 11.6 Å². The van der Waals surface area contributed by atoms with Crippen LogP contribution in [0.3, 0.4) is 0 Å². The molecule has 5 heteroatoms. The minimum Gasteiger partial charge on any atom is -0.497 e. The predicted molar refractivity (Wildman–Crippen MR) is 96.1 cm³/mol. The van der Waals surface area contributed by atoms with E-state index in [1.807, 2.05) is 50.2 Å². The standard InChI is InChI=1S/C19H25N3O2/c1-5-17(14-10-12-20-13-11-14)21-18(23)19(2,3)22-15-6-8-16(24-4)9-7-15/h6-13,17,22H,5H2,1-4H3,(H,21,23). The van der Waals surface area contributed by atoms with Gasteiger partial charge in [-0.15, -0.1) is 0 Å². The van der Waals surface area contributed by atoms with E-state index in [0.29, 0.717) is 0 Å². The van der Waals surface area contributed by atoms with Crippen LogP contribution in [0.25, 0.3) is 0 Å². The Kier molecular flexibility index (Phi) is 5.79. The fraction of sp³-hybridized carbons (Fsp3) is 0.368. The number of benzene rings is 1. The molecular weight excluding hydrogens is 302 g/mol. The van der Waals surface area contributed by atoms with E-state index >= 15 is 0 Å². The normalized spacial score (nSPS) is 12.3. The highest BCUT2D eigenvalue weighted by atomic mass is 16.5. The van der Waals surface area contributed by atoms with E-state index in [9.17, 15) is 4.79 Å². The topological polar surface area (TPSA) is 63.2 Å². The van der Waals surface area contributed by atoms with Crippen LogP contribution < -0.4 is 15.4 Å². The highest BCUT2D eigenvalue weighted by molar-refractivity contribution is 5.88. The summed E-state index contributed by atoms with van der Waals surface area (Å²) in [6.45, 7) is 5.78. The van der Waals surface area contributed by atoms with Crippen LogP contribution in [0.2, 0.25) is 0 Å². The summed E-state index contributed by atoms with van der Waals surface area (Å²) in [7, 11) is 1.63. The number of nitrogens with one attached hydrogen (secondary N) is 2. The lowest BCUT2D eigenvalue weighted by Crippen LogP contribution is -2.48. The zero-order valence-electron chi connectivity index (χ0n) is 14.7. The highest BCUT2D eigenvalue weighted by Gasteiger charge is 2.29. The maximum Gasteiger partial charge on any atom is 0.245 e. The van der Waals surface area contributed by atoms with Crippen LogP contribution >= 0.6 is 0 Å². The molecule has 1 heterocycles. The predicted octanol–water partition coefficient (Wildman–Crippen LogP) is 3.55. The Morgan fingerprint density at radius 1 is 1.17 bits per heavy atom. The third-order valence-electron chi connectivity index (χ3n) is 3.94. The van der Waals surface area contributed by atoms with Gasteiger partial charge in [-0.25, -0.2) is 0 Å². The van der Waals surface area contributed by atoms with Crippen LogP contribution in [0.15, 0.2) is 48.8 Å². The highest BCUT2D eigenvalue weighted by Crippen LogP contribution is 2.21. The average molecular weight is 327 g/mol. The third-order valence-corrected chi connectivity index (χ3v) is 3.94. The second-order valence-electron chi connectivity index (χ2n) is 6.19. The second kappa shape index (κ2) is 7.81. The third kappa shape index (κ3) is 4.47. The fourth-order valence-corrected chi connectivity index (χ4v) is 2.45. The van der Waals surface area contributed by atoms with Crippen LogP contribution in [0, 0.1) is 0 Å². The Morgan fingerprint density at radius 2 is 1.79 bits per heavy atom. The molecule has 1 aromatic heterocycles. The maximum atomic E-state index is 12.7. The van der Waals surface area contributed by atoms with Crippen molar-refractivity contribution in [2.24, 2.45) is 0 Å². The molecule has 2 N–H and O–H groups in total. The molecule has 0 aliphatic rings. The number of hydrogen-bond acceptors (Lipinski definition) is 4. The Hall–Kier alpha value is -2.56. The van der Waals surface area contributed by atoms with Gasteiger partial charge in [0, 0.05) is 18.1 Å². The zero-order valence-corrected chi connectivity index (χ0v) is 14.7. The van der Waals surface area contributed by atoms with E-state index < -0.39 is 5.54 Å². The van der Waals surface area contributed by atoms with Crippen LogP contribution in [0.1, 0.15) is 38.8 Å². The van der Waals surface area contributed by atoms with Gasteiger partial charge in [0.1, 0.15) is 11.3 Å². The molecule has 0 bridgehead atoms. The van der Waals surface area contributed by atoms with Gasteiger partial charge in [-0.05, 0) is 62.2 Å². The number of carbonyl (C=O) groups excluding carboxylic acids is 1. The molecular formula is C19H25N3O2. The van der Waals surface area contributed by atoms with Crippen molar-refractivity contribution in [3.63, 3.8) is 0 Å². The Bertz CT molecular complexity index is 654. The molecule has 2 rings (SSSR count). The number of pyridine rings is 1. The van der Waals surface area contributed by atoms with Gasteiger partial charge in [0.2, 0.25) is 5.91 Å². The summed E-state index contributed by atoms with van der Waals surface area (Å²) < 4.78 is 5.15. The van der Waals surface area contributed by atoms with Crippen LogP contribution in [0.5, 0.6) is 5.75 Å². The van der Waals surface area contributed by atoms with E-state index in [4.69, 9.17) is 4.74 Å². The number of methoxy groups -OCH3 is 1. The minimum atomic E-state index is -0.741. The minimum absolute atomic E-state index is 0.0301. The lowest BCUT2D eigenvalue weighted by Gasteiger charge is -2.29. The van der Waals surface area contributed by atoms with E-state index in [0.717, 1.165) is 23.4 Å². The molecule has 0 aliphatic heterocycles. The first-order valence-corrected chi connectivity index (χ1v) is 8.09. The number of hydrogen-bond donors (Lipinski definition) is 2. The number of ether oxygens (including phenoxy) is 1. The summed E-state index contributed by atoms with van der Waals surface area (Å²) in [6.07, 6.45) is 4.30. The van der Waals surface area contributed by atoms with Crippen molar-refractivity contribution in [3.8, 4) is 5.75 Å². The van der Waals surface area contributed by atoms with Crippen molar-refractivity contribution in [1.29, 1.82) is 0 Å². The summed E-state index contributed by atoms with van der Waals surface area (Å²) in [5.41, 5.74) is 1.18. The molecule has 5 nitrogen and oxygen atoms in total. The average Bonchev–Trinajstić information content (AvgIpc) is 2.60. The fourth-order valence-electron chi connectivity index (χ4n) is 2.45. The van der Waals surface area contributed by atoms with Gasteiger partial charge in [0.05, 0.1) is 13.2 Å². The first kappa shape index (κ1) is 17.8. The summed E-state index contributed by atoms with van der Waals surface area (Å²) in [5.74, 6) is 0.730. The molecule has 2 aromatic rings. The molecule has 24 heavy (non-hydrogen) atoms. The number of carbonyl (C=O) groups is 1. The molecule has 0 radical (unpaired) electrons. The molecule has 128 valence electrons. The molecule has 0 saturated heterocycles. The number of aromatic nitrogens is 1. The van der Waals surface area contributed by atoms with Gasteiger partial charge in [-0.2, -0.15) is 0 Å². The molecule has 0 fully saturated rings. The largest absolute Gasteiger partial charge is 0.497 e. The Labute approximate surface area is 143 Å². The number of amides is 1. The van der Waals surface area contributed by atoms with Gasteiger partial charge in [0.25, 0.3) is 0 Å². The van der Waals surface area contributed by atoms with Crippen molar-refractivity contribution in [2.75, 3.05) is 12.4 Å². The van der Waals surface area contributed by atoms with Gasteiger partial charge in [0.15, 0.2) is 0 Å². The molecule has 0 spiro atoms. The summed E-state index contributed by atoms with van der Waals surface area (Å²) >= 11 is 0. The van der Waals surface area contributed by atoms with Crippen molar-refractivity contribution in [1.82, 2.24) is 10.3 Å². The van der Waals surface area contributed by atoms with Gasteiger partial charge < -0.3 is 15.4 Å². The number of anilines is 1. The van der Waals surface area contributed by atoms with E-state index in [-0.39, 0.29) is 11.9 Å². The maximum absolute atomic E-state index is 12.7. The van der Waals surface area contributed by atoms with E-state index in [1.54, 1.807) is 19.5 Å². The van der Waals surface area contributed by atoms with E-state index in [2.05, 4.69) is 22.5 Å². The quantitative estimate of drug-likeness (QED) is 0.816. The Balaban J connectivity index is 2.05. The zero-order chi connectivity index (χ0) is 17.6. The smallest absolute Gasteiger partial charge is 0.245 e. The molecule has 0 aliphatic carbocycles. The van der Waals surface area contributed by atoms with Crippen LogP contribution in [-0.2, 0) is 4.79 Å². The van der Waals surface area contributed by atoms with Crippen molar-refractivity contribution in [2.45, 2.75) is 38.8 Å². The summed E-state index contributed by atoms with van der Waals surface area (Å²) in [4.78, 5) is 16.7. The first-order valence-electron chi connectivity index (χ1n) is 8.09. The van der Waals surface area contributed by atoms with Gasteiger partial charge >= 0.3 is 0 Å².